The largest absolute Gasteiger partial charge is 0.303 e. The van der Waals surface area contributed by atoms with Crippen LogP contribution in [0.5, 0.6) is 0 Å². The quantitative estimate of drug-likeness (QED) is 0.646. The predicted octanol–water partition coefficient (Wildman–Crippen LogP) is 4.81. The van der Waals surface area contributed by atoms with Crippen LogP contribution in [0, 0.1) is 0 Å². The summed E-state index contributed by atoms with van der Waals surface area (Å²) >= 11 is 1.88. The zero-order valence-electron chi connectivity index (χ0n) is 12.9. The maximum absolute atomic E-state index is 2.46. The Hall–Kier alpha value is -1.45. The van der Waals surface area contributed by atoms with E-state index in [2.05, 4.69) is 83.7 Å². The van der Waals surface area contributed by atoms with Crippen molar-refractivity contribution < 1.29 is 0 Å². The third-order valence-corrected chi connectivity index (χ3v) is 4.55. The van der Waals surface area contributed by atoms with Gasteiger partial charge in [-0.3, -0.25) is 4.31 Å². The molecule has 0 aliphatic carbocycles. The highest BCUT2D eigenvalue weighted by atomic mass is 32.2. The number of anilines is 2. The summed E-state index contributed by atoms with van der Waals surface area (Å²) in [6.07, 6.45) is 0. The lowest BCUT2D eigenvalue weighted by Gasteiger charge is -2.25. The molecule has 0 amide bonds. The lowest BCUT2D eigenvalue weighted by Crippen LogP contribution is -2.26. The smallest absolute Gasteiger partial charge is 0.0525 e. The van der Waals surface area contributed by atoms with E-state index in [0.717, 1.165) is 25.4 Å². The van der Waals surface area contributed by atoms with E-state index in [-0.39, 0.29) is 0 Å². The fourth-order valence-electron chi connectivity index (χ4n) is 2.23. The van der Waals surface area contributed by atoms with Gasteiger partial charge in [0, 0.05) is 12.3 Å². The highest BCUT2D eigenvalue weighted by Crippen LogP contribution is 2.31. The molecule has 21 heavy (non-hydrogen) atoms. The standard InChI is InChI=1S/C18H24N2S/c1-3-19(4-2)15-16-21-20(17-11-7-5-8-12-17)18-13-9-6-10-14-18/h5-14H,3-4,15-16H2,1-2H3. The zero-order valence-corrected chi connectivity index (χ0v) is 13.7. The lowest BCUT2D eigenvalue weighted by atomic mass is 10.3. The number of benzene rings is 2. The first-order valence-corrected chi connectivity index (χ1v) is 8.55. The zero-order chi connectivity index (χ0) is 14.9. The summed E-state index contributed by atoms with van der Waals surface area (Å²) in [7, 11) is 0. The number of hydrogen-bond acceptors (Lipinski definition) is 3. The summed E-state index contributed by atoms with van der Waals surface area (Å²) in [5, 5.41) is 0. The van der Waals surface area contributed by atoms with Crippen molar-refractivity contribution in [3.05, 3.63) is 60.7 Å². The molecule has 0 aliphatic rings. The Morgan fingerprint density at radius 1 is 0.762 bits per heavy atom. The third kappa shape index (κ3) is 4.80. The van der Waals surface area contributed by atoms with Crippen molar-refractivity contribution in [3.63, 3.8) is 0 Å². The van der Waals surface area contributed by atoms with Gasteiger partial charge in [-0.05, 0) is 49.3 Å². The van der Waals surface area contributed by atoms with Crippen LogP contribution >= 0.6 is 11.9 Å². The average Bonchev–Trinajstić information content (AvgIpc) is 2.57. The van der Waals surface area contributed by atoms with Crippen LogP contribution in [0.2, 0.25) is 0 Å². The molecule has 0 saturated carbocycles. The highest BCUT2D eigenvalue weighted by Gasteiger charge is 2.10. The molecule has 0 aliphatic heterocycles. The van der Waals surface area contributed by atoms with Crippen LogP contribution in [0.25, 0.3) is 0 Å². The summed E-state index contributed by atoms with van der Waals surface area (Å²) in [5.41, 5.74) is 2.46. The highest BCUT2D eigenvalue weighted by molar-refractivity contribution is 8.01. The molecule has 112 valence electrons. The van der Waals surface area contributed by atoms with Crippen LogP contribution in [0.1, 0.15) is 13.8 Å². The minimum absolute atomic E-state index is 1.09. The van der Waals surface area contributed by atoms with Crippen LogP contribution < -0.4 is 4.31 Å². The fourth-order valence-corrected chi connectivity index (χ4v) is 3.29. The molecule has 0 fully saturated rings. The van der Waals surface area contributed by atoms with E-state index in [0.29, 0.717) is 0 Å². The van der Waals surface area contributed by atoms with Gasteiger partial charge in [0.2, 0.25) is 0 Å². The Balaban J connectivity index is 2.07. The number of rotatable bonds is 8. The summed E-state index contributed by atoms with van der Waals surface area (Å²) < 4.78 is 2.32. The second kappa shape index (κ2) is 8.75. The maximum atomic E-state index is 2.46. The van der Waals surface area contributed by atoms with Gasteiger partial charge in [-0.15, -0.1) is 0 Å². The fraction of sp³-hybridized carbons (Fsp3) is 0.333. The second-order valence-corrected chi connectivity index (χ2v) is 5.86. The van der Waals surface area contributed by atoms with Gasteiger partial charge in [0.05, 0.1) is 11.4 Å². The first-order chi connectivity index (χ1) is 10.3. The van der Waals surface area contributed by atoms with Crippen molar-refractivity contribution in [2.45, 2.75) is 13.8 Å². The molecule has 2 nitrogen and oxygen atoms in total. The van der Waals surface area contributed by atoms with E-state index in [4.69, 9.17) is 0 Å². The van der Waals surface area contributed by atoms with E-state index < -0.39 is 0 Å². The first kappa shape index (κ1) is 15.9. The van der Waals surface area contributed by atoms with Crippen molar-refractivity contribution in [3.8, 4) is 0 Å². The van der Waals surface area contributed by atoms with Crippen molar-refractivity contribution in [1.29, 1.82) is 0 Å². The van der Waals surface area contributed by atoms with E-state index in [9.17, 15) is 0 Å². The summed E-state index contributed by atoms with van der Waals surface area (Å²) in [4.78, 5) is 2.46. The van der Waals surface area contributed by atoms with Crippen molar-refractivity contribution in [2.75, 3.05) is 29.7 Å². The van der Waals surface area contributed by atoms with Crippen molar-refractivity contribution in [1.82, 2.24) is 4.90 Å². The van der Waals surface area contributed by atoms with E-state index in [1.807, 2.05) is 11.9 Å². The Bertz CT molecular complexity index is 458. The Morgan fingerprint density at radius 2 is 1.24 bits per heavy atom. The molecule has 0 unspecified atom stereocenters. The van der Waals surface area contributed by atoms with Gasteiger partial charge in [-0.2, -0.15) is 0 Å². The summed E-state index contributed by atoms with van der Waals surface area (Å²) in [6.45, 7) is 7.80. The lowest BCUT2D eigenvalue weighted by molar-refractivity contribution is 0.324. The maximum Gasteiger partial charge on any atom is 0.0525 e. The average molecular weight is 300 g/mol. The SMILES string of the molecule is CCN(CC)CCSN(c1ccccc1)c1ccccc1. The molecule has 2 rings (SSSR count). The second-order valence-electron chi connectivity index (χ2n) is 4.83. The topological polar surface area (TPSA) is 6.48 Å². The molecule has 0 saturated heterocycles. The number of nitrogens with zero attached hydrogens (tertiary/aromatic N) is 2. The molecule has 0 heterocycles. The number of hydrogen-bond donors (Lipinski definition) is 0. The molecule has 3 heteroatoms. The molecular weight excluding hydrogens is 276 g/mol. The van der Waals surface area contributed by atoms with E-state index in [1.54, 1.807) is 0 Å². The molecule has 2 aromatic rings. The van der Waals surface area contributed by atoms with E-state index >= 15 is 0 Å². The minimum Gasteiger partial charge on any atom is -0.303 e. The van der Waals surface area contributed by atoms with Gasteiger partial charge in [-0.1, -0.05) is 50.2 Å². The normalized spacial score (nSPS) is 10.8. The Morgan fingerprint density at radius 3 is 1.67 bits per heavy atom. The Kier molecular flexibility index (Phi) is 6.64. The monoisotopic (exact) mass is 300 g/mol. The van der Waals surface area contributed by atoms with Gasteiger partial charge in [-0.25, -0.2) is 0 Å². The Labute approximate surface area is 132 Å². The van der Waals surface area contributed by atoms with Gasteiger partial charge in [0.15, 0.2) is 0 Å². The molecule has 0 spiro atoms. The van der Waals surface area contributed by atoms with Gasteiger partial charge < -0.3 is 4.90 Å². The van der Waals surface area contributed by atoms with Crippen LogP contribution in [-0.4, -0.2) is 30.3 Å². The van der Waals surface area contributed by atoms with E-state index in [1.165, 1.54) is 11.4 Å². The predicted molar refractivity (Wildman–Crippen MR) is 95.3 cm³/mol. The number of para-hydroxylation sites is 2. The van der Waals surface area contributed by atoms with Crippen LogP contribution in [-0.2, 0) is 0 Å². The first-order valence-electron chi connectivity index (χ1n) is 7.60. The molecule has 0 atom stereocenters. The molecular formula is C18H24N2S. The van der Waals surface area contributed by atoms with Crippen molar-refractivity contribution >= 4 is 23.3 Å². The minimum atomic E-state index is 1.09. The van der Waals surface area contributed by atoms with Crippen molar-refractivity contribution in [2.24, 2.45) is 0 Å². The van der Waals surface area contributed by atoms with Crippen LogP contribution in [0.15, 0.2) is 60.7 Å². The third-order valence-electron chi connectivity index (χ3n) is 3.50. The van der Waals surface area contributed by atoms with Crippen LogP contribution in [0.3, 0.4) is 0 Å². The molecule has 0 N–H and O–H groups in total. The molecule has 0 bridgehead atoms. The molecule has 0 aromatic heterocycles. The summed E-state index contributed by atoms with van der Waals surface area (Å²) in [5.74, 6) is 1.09. The molecule has 0 radical (unpaired) electrons. The van der Waals surface area contributed by atoms with Gasteiger partial charge in [0.25, 0.3) is 0 Å². The van der Waals surface area contributed by atoms with Crippen LogP contribution in [0.4, 0.5) is 11.4 Å². The van der Waals surface area contributed by atoms with Gasteiger partial charge >= 0.3 is 0 Å². The summed E-state index contributed by atoms with van der Waals surface area (Å²) in [6, 6.07) is 21.2. The molecule has 2 aromatic carbocycles. The van der Waals surface area contributed by atoms with Gasteiger partial charge in [0.1, 0.15) is 0 Å².